The highest BCUT2D eigenvalue weighted by atomic mass is 15.3. The molecule has 0 spiro atoms. The zero-order chi connectivity index (χ0) is 15.9. The SMILES string of the molecule is N/C(=N\N=C(/Cn1cncn1)c1ccccc1)c1ccccn1. The first-order chi connectivity index (χ1) is 11.3. The fourth-order valence-corrected chi connectivity index (χ4v) is 1.96. The molecule has 2 heterocycles. The molecule has 0 unspecified atom stereocenters. The van der Waals surface area contributed by atoms with E-state index >= 15 is 0 Å². The third-order valence-corrected chi connectivity index (χ3v) is 3.09. The molecule has 0 amide bonds. The summed E-state index contributed by atoms with van der Waals surface area (Å²) in [5.74, 6) is 0.262. The van der Waals surface area contributed by atoms with Gasteiger partial charge in [0.05, 0.1) is 12.3 Å². The van der Waals surface area contributed by atoms with Gasteiger partial charge in [-0.2, -0.15) is 10.2 Å². The van der Waals surface area contributed by atoms with Crippen molar-refractivity contribution < 1.29 is 0 Å². The van der Waals surface area contributed by atoms with Gasteiger partial charge in [-0.3, -0.25) is 4.98 Å². The average molecular weight is 305 g/mol. The molecule has 0 bridgehead atoms. The Balaban J connectivity index is 1.91. The minimum absolute atomic E-state index is 0.262. The van der Waals surface area contributed by atoms with Gasteiger partial charge >= 0.3 is 0 Å². The molecular formula is C16H15N7. The summed E-state index contributed by atoms with van der Waals surface area (Å²) in [7, 11) is 0. The third-order valence-electron chi connectivity index (χ3n) is 3.09. The molecule has 7 heteroatoms. The zero-order valence-electron chi connectivity index (χ0n) is 12.3. The molecule has 7 nitrogen and oxygen atoms in total. The Bertz CT molecular complexity index is 793. The maximum atomic E-state index is 5.94. The summed E-state index contributed by atoms with van der Waals surface area (Å²) in [5, 5.41) is 12.5. The molecule has 1 aromatic carbocycles. The summed E-state index contributed by atoms with van der Waals surface area (Å²) in [6.45, 7) is 0.447. The lowest BCUT2D eigenvalue weighted by atomic mass is 10.1. The predicted molar refractivity (Wildman–Crippen MR) is 88.0 cm³/mol. The molecule has 3 aromatic rings. The second-order valence-electron chi connectivity index (χ2n) is 4.71. The highest BCUT2D eigenvalue weighted by molar-refractivity contribution is 6.01. The molecule has 2 N–H and O–H groups in total. The Hall–Kier alpha value is -3.35. The van der Waals surface area contributed by atoms with Crippen LogP contribution in [0.15, 0.2) is 77.6 Å². The molecule has 3 rings (SSSR count). The largest absolute Gasteiger partial charge is 0.380 e. The van der Waals surface area contributed by atoms with Crippen LogP contribution in [-0.2, 0) is 6.54 Å². The fraction of sp³-hybridized carbons (Fsp3) is 0.0625. The minimum Gasteiger partial charge on any atom is -0.380 e. The molecule has 0 saturated heterocycles. The predicted octanol–water partition coefficient (Wildman–Crippen LogP) is 1.48. The second kappa shape index (κ2) is 7.08. The van der Waals surface area contributed by atoms with E-state index in [0.717, 1.165) is 11.3 Å². The van der Waals surface area contributed by atoms with Crippen LogP contribution >= 0.6 is 0 Å². The van der Waals surface area contributed by atoms with Gasteiger partial charge in [-0.05, 0) is 17.7 Å². The quantitative estimate of drug-likeness (QED) is 0.439. The molecule has 0 aliphatic rings. The van der Waals surface area contributed by atoms with Gasteiger partial charge in [0.15, 0.2) is 5.84 Å². The van der Waals surface area contributed by atoms with Crippen LogP contribution in [0.1, 0.15) is 11.3 Å². The molecular weight excluding hydrogens is 290 g/mol. The smallest absolute Gasteiger partial charge is 0.171 e. The van der Waals surface area contributed by atoms with Crippen LogP contribution in [0.25, 0.3) is 0 Å². The maximum Gasteiger partial charge on any atom is 0.171 e. The van der Waals surface area contributed by atoms with Gasteiger partial charge in [-0.1, -0.05) is 36.4 Å². The van der Waals surface area contributed by atoms with E-state index < -0.39 is 0 Å². The van der Waals surface area contributed by atoms with Crippen LogP contribution in [-0.4, -0.2) is 31.3 Å². The summed E-state index contributed by atoms with van der Waals surface area (Å²) in [6.07, 6.45) is 4.77. The van der Waals surface area contributed by atoms with Crippen LogP contribution in [0.4, 0.5) is 0 Å². The van der Waals surface area contributed by atoms with Crippen LogP contribution in [0.3, 0.4) is 0 Å². The average Bonchev–Trinajstić information content (AvgIpc) is 3.13. The Labute approximate surface area is 133 Å². The van der Waals surface area contributed by atoms with E-state index in [9.17, 15) is 0 Å². The lowest BCUT2D eigenvalue weighted by Gasteiger charge is -2.05. The highest BCUT2D eigenvalue weighted by Crippen LogP contribution is 2.04. The van der Waals surface area contributed by atoms with E-state index in [0.29, 0.717) is 12.2 Å². The van der Waals surface area contributed by atoms with Gasteiger partial charge < -0.3 is 5.73 Å². The molecule has 114 valence electrons. The molecule has 0 aliphatic carbocycles. The van der Waals surface area contributed by atoms with Crippen LogP contribution < -0.4 is 5.73 Å². The van der Waals surface area contributed by atoms with Gasteiger partial charge in [-0.15, -0.1) is 5.10 Å². The van der Waals surface area contributed by atoms with Crippen molar-refractivity contribution in [3.05, 3.63) is 78.6 Å². The molecule has 0 fully saturated rings. The van der Waals surface area contributed by atoms with E-state index in [2.05, 4.69) is 25.3 Å². The summed E-state index contributed by atoms with van der Waals surface area (Å²) in [5.41, 5.74) is 8.20. The van der Waals surface area contributed by atoms with E-state index in [1.54, 1.807) is 23.3 Å². The van der Waals surface area contributed by atoms with E-state index in [-0.39, 0.29) is 5.84 Å². The third kappa shape index (κ3) is 3.85. The van der Waals surface area contributed by atoms with Crippen molar-refractivity contribution in [2.75, 3.05) is 0 Å². The van der Waals surface area contributed by atoms with Crippen molar-refractivity contribution in [2.24, 2.45) is 15.9 Å². The van der Waals surface area contributed by atoms with Crippen molar-refractivity contribution in [3.63, 3.8) is 0 Å². The highest BCUT2D eigenvalue weighted by Gasteiger charge is 2.06. The summed E-state index contributed by atoms with van der Waals surface area (Å²) in [4.78, 5) is 8.09. The van der Waals surface area contributed by atoms with Gasteiger partial charge in [0, 0.05) is 6.20 Å². The standard InChI is InChI=1S/C16H15N7/c17-16(14-8-4-5-9-19-14)22-21-15(10-23-12-18-11-20-23)13-6-2-1-3-7-13/h1-9,11-12H,10H2,(H2,17,22)/b21-15+. The van der Waals surface area contributed by atoms with Crippen molar-refractivity contribution in [1.82, 2.24) is 19.7 Å². The minimum atomic E-state index is 0.262. The Kier molecular flexibility index (Phi) is 4.49. The Morgan fingerprint density at radius 2 is 1.87 bits per heavy atom. The number of nitrogens with two attached hydrogens (primary N) is 1. The van der Waals surface area contributed by atoms with Crippen molar-refractivity contribution >= 4 is 11.5 Å². The summed E-state index contributed by atoms with van der Waals surface area (Å²) in [6, 6.07) is 15.2. The van der Waals surface area contributed by atoms with E-state index in [1.807, 2.05) is 42.5 Å². The molecule has 0 atom stereocenters. The van der Waals surface area contributed by atoms with Crippen LogP contribution in [0.2, 0.25) is 0 Å². The van der Waals surface area contributed by atoms with Crippen LogP contribution in [0.5, 0.6) is 0 Å². The lowest BCUT2D eigenvalue weighted by Crippen LogP contribution is -2.16. The van der Waals surface area contributed by atoms with E-state index in [1.165, 1.54) is 6.33 Å². The first kappa shape index (κ1) is 14.6. The molecule has 0 saturated carbocycles. The molecule has 23 heavy (non-hydrogen) atoms. The van der Waals surface area contributed by atoms with Gasteiger partial charge in [0.2, 0.25) is 0 Å². The zero-order valence-corrected chi connectivity index (χ0v) is 12.3. The van der Waals surface area contributed by atoms with Crippen molar-refractivity contribution in [2.45, 2.75) is 6.54 Å². The first-order valence-electron chi connectivity index (χ1n) is 7.02. The van der Waals surface area contributed by atoms with Gasteiger partial charge in [-0.25, -0.2) is 9.67 Å². The Morgan fingerprint density at radius 1 is 1.04 bits per heavy atom. The monoisotopic (exact) mass is 305 g/mol. The number of rotatable bonds is 5. The van der Waals surface area contributed by atoms with Crippen LogP contribution in [0, 0.1) is 0 Å². The molecule has 0 aliphatic heterocycles. The normalized spacial score (nSPS) is 12.3. The lowest BCUT2D eigenvalue weighted by molar-refractivity contribution is 0.720. The summed E-state index contributed by atoms with van der Waals surface area (Å²) >= 11 is 0. The van der Waals surface area contributed by atoms with Crippen molar-refractivity contribution in [1.29, 1.82) is 0 Å². The van der Waals surface area contributed by atoms with Gasteiger partial charge in [0.1, 0.15) is 18.3 Å². The number of nitrogens with zero attached hydrogens (tertiary/aromatic N) is 6. The summed E-state index contributed by atoms with van der Waals surface area (Å²) < 4.78 is 1.68. The van der Waals surface area contributed by atoms with Gasteiger partial charge in [0.25, 0.3) is 0 Å². The van der Waals surface area contributed by atoms with E-state index in [4.69, 9.17) is 5.73 Å². The number of aromatic nitrogens is 4. The number of hydrogen-bond acceptors (Lipinski definition) is 5. The Morgan fingerprint density at radius 3 is 2.57 bits per heavy atom. The maximum absolute atomic E-state index is 5.94. The topological polar surface area (TPSA) is 94.3 Å². The second-order valence-corrected chi connectivity index (χ2v) is 4.71. The van der Waals surface area contributed by atoms with Crippen molar-refractivity contribution in [3.8, 4) is 0 Å². The molecule has 2 aromatic heterocycles. The molecule has 0 radical (unpaired) electrons. The number of benzene rings is 1. The first-order valence-corrected chi connectivity index (χ1v) is 7.02. The number of pyridine rings is 1. The fourth-order valence-electron chi connectivity index (χ4n) is 1.96. The number of amidine groups is 1. The number of hydrogen-bond donors (Lipinski definition) is 1.